The minimum absolute atomic E-state index is 0.220. The maximum absolute atomic E-state index is 11.2. The van der Waals surface area contributed by atoms with Gasteiger partial charge in [-0.2, -0.15) is 0 Å². The predicted octanol–water partition coefficient (Wildman–Crippen LogP) is 3.39. The van der Waals surface area contributed by atoms with E-state index in [4.69, 9.17) is 14.2 Å². The van der Waals surface area contributed by atoms with Gasteiger partial charge >= 0.3 is 5.97 Å². The van der Waals surface area contributed by atoms with E-state index in [0.717, 1.165) is 16.7 Å². The Kier molecular flexibility index (Phi) is 4.56. The first-order chi connectivity index (χ1) is 10.5. The second-order valence-electron chi connectivity index (χ2n) is 4.72. The second-order valence-corrected chi connectivity index (χ2v) is 4.72. The zero-order valence-electron chi connectivity index (χ0n) is 13.0. The number of benzene rings is 2. The fourth-order valence-corrected chi connectivity index (χ4v) is 2.36. The Labute approximate surface area is 129 Å². The summed E-state index contributed by atoms with van der Waals surface area (Å²) in [7, 11) is 4.62. The lowest BCUT2D eigenvalue weighted by molar-refractivity contribution is 0.0697. The number of rotatable bonds is 5. The van der Waals surface area contributed by atoms with Crippen LogP contribution in [0.1, 0.15) is 15.9 Å². The summed E-state index contributed by atoms with van der Waals surface area (Å²) in [4.78, 5) is 11.2. The average molecular weight is 302 g/mol. The number of methoxy groups -OCH3 is 3. The maximum atomic E-state index is 11.2. The van der Waals surface area contributed by atoms with Gasteiger partial charge in [-0.15, -0.1) is 0 Å². The molecule has 0 bridgehead atoms. The molecule has 2 aromatic rings. The summed E-state index contributed by atoms with van der Waals surface area (Å²) in [5.74, 6) is 0.561. The molecule has 0 aromatic heterocycles. The summed E-state index contributed by atoms with van der Waals surface area (Å²) in [6.07, 6.45) is 0. The summed E-state index contributed by atoms with van der Waals surface area (Å²) >= 11 is 0. The van der Waals surface area contributed by atoms with Crippen molar-refractivity contribution < 1.29 is 24.1 Å². The van der Waals surface area contributed by atoms with Crippen LogP contribution in [0.15, 0.2) is 30.3 Å². The topological polar surface area (TPSA) is 65.0 Å². The first kappa shape index (κ1) is 15.7. The first-order valence-corrected chi connectivity index (χ1v) is 6.66. The van der Waals surface area contributed by atoms with Gasteiger partial charge in [0.1, 0.15) is 0 Å². The summed E-state index contributed by atoms with van der Waals surface area (Å²) < 4.78 is 16.1. The van der Waals surface area contributed by atoms with Crippen molar-refractivity contribution in [1.82, 2.24) is 0 Å². The highest BCUT2D eigenvalue weighted by Crippen LogP contribution is 2.45. The van der Waals surface area contributed by atoms with E-state index < -0.39 is 5.97 Å². The van der Waals surface area contributed by atoms with Crippen molar-refractivity contribution in [3.8, 4) is 28.4 Å². The lowest BCUT2D eigenvalue weighted by atomic mass is 9.96. The van der Waals surface area contributed by atoms with Crippen molar-refractivity contribution >= 4 is 5.97 Å². The molecule has 0 aliphatic carbocycles. The average Bonchev–Trinajstić information content (AvgIpc) is 2.53. The Morgan fingerprint density at radius 2 is 1.59 bits per heavy atom. The molecule has 0 spiro atoms. The third-order valence-electron chi connectivity index (χ3n) is 3.48. The number of aryl methyl sites for hydroxylation is 1. The zero-order chi connectivity index (χ0) is 16.3. The number of hydrogen-bond acceptors (Lipinski definition) is 4. The molecule has 5 nitrogen and oxygen atoms in total. The number of carboxylic acid groups (broad SMARTS) is 1. The molecule has 0 atom stereocenters. The molecule has 0 heterocycles. The van der Waals surface area contributed by atoms with Crippen molar-refractivity contribution in [3.05, 3.63) is 41.5 Å². The minimum atomic E-state index is -0.972. The number of carboxylic acids is 1. The summed E-state index contributed by atoms with van der Waals surface area (Å²) in [6.45, 7) is 1.91. The van der Waals surface area contributed by atoms with Crippen molar-refractivity contribution in [1.29, 1.82) is 0 Å². The third-order valence-corrected chi connectivity index (χ3v) is 3.48. The molecule has 0 amide bonds. The van der Waals surface area contributed by atoms with Gasteiger partial charge in [0, 0.05) is 5.56 Å². The van der Waals surface area contributed by atoms with Gasteiger partial charge in [-0.05, 0) is 42.3 Å². The molecule has 0 saturated carbocycles. The highest BCUT2D eigenvalue weighted by atomic mass is 16.5. The van der Waals surface area contributed by atoms with Crippen LogP contribution >= 0.6 is 0 Å². The quantitative estimate of drug-likeness (QED) is 0.917. The number of carbonyl (C=O) groups is 1. The van der Waals surface area contributed by atoms with Crippen molar-refractivity contribution in [3.63, 3.8) is 0 Å². The molecule has 2 rings (SSSR count). The lowest BCUT2D eigenvalue weighted by Gasteiger charge is -2.17. The van der Waals surface area contributed by atoms with Gasteiger partial charge < -0.3 is 19.3 Å². The van der Waals surface area contributed by atoms with Gasteiger partial charge in [-0.3, -0.25) is 0 Å². The van der Waals surface area contributed by atoms with E-state index in [0.29, 0.717) is 17.2 Å². The molecule has 0 fully saturated rings. The van der Waals surface area contributed by atoms with Gasteiger partial charge in [0.25, 0.3) is 0 Å². The Balaban J connectivity index is 2.72. The van der Waals surface area contributed by atoms with Crippen LogP contribution in [0, 0.1) is 6.92 Å². The Morgan fingerprint density at radius 3 is 2.14 bits per heavy atom. The largest absolute Gasteiger partial charge is 0.493 e. The maximum Gasteiger partial charge on any atom is 0.335 e. The summed E-state index contributed by atoms with van der Waals surface area (Å²) in [6, 6.07) is 8.57. The molecule has 5 heteroatoms. The molecule has 0 aliphatic heterocycles. The van der Waals surface area contributed by atoms with Crippen LogP contribution in [0.4, 0.5) is 0 Å². The van der Waals surface area contributed by atoms with Crippen molar-refractivity contribution in [2.75, 3.05) is 21.3 Å². The van der Waals surface area contributed by atoms with E-state index in [2.05, 4.69) is 0 Å². The Morgan fingerprint density at radius 1 is 0.909 bits per heavy atom. The fourth-order valence-electron chi connectivity index (χ4n) is 2.36. The van der Waals surface area contributed by atoms with E-state index >= 15 is 0 Å². The Hall–Kier alpha value is -2.69. The number of ether oxygens (including phenoxy) is 3. The van der Waals surface area contributed by atoms with E-state index in [9.17, 15) is 9.90 Å². The lowest BCUT2D eigenvalue weighted by Crippen LogP contribution is -2.00. The van der Waals surface area contributed by atoms with Crippen LogP contribution in [-0.4, -0.2) is 32.4 Å². The number of hydrogen-bond donors (Lipinski definition) is 1. The van der Waals surface area contributed by atoms with Crippen molar-refractivity contribution in [2.45, 2.75) is 6.92 Å². The summed E-state index contributed by atoms with van der Waals surface area (Å²) in [5.41, 5.74) is 2.69. The van der Waals surface area contributed by atoms with Crippen molar-refractivity contribution in [2.24, 2.45) is 0 Å². The van der Waals surface area contributed by atoms with Crippen LogP contribution in [0.2, 0.25) is 0 Å². The van der Waals surface area contributed by atoms with Gasteiger partial charge in [0.15, 0.2) is 11.5 Å². The second kappa shape index (κ2) is 6.39. The molecule has 1 N–H and O–H groups in total. The highest BCUT2D eigenvalue weighted by Gasteiger charge is 2.19. The smallest absolute Gasteiger partial charge is 0.335 e. The van der Waals surface area contributed by atoms with E-state index in [1.54, 1.807) is 31.4 Å². The van der Waals surface area contributed by atoms with E-state index in [1.165, 1.54) is 14.2 Å². The molecule has 0 radical (unpaired) electrons. The SMILES string of the molecule is COc1ccc(-c2cc(C(=O)O)ccc2C)c(OC)c1OC. The number of aromatic carboxylic acids is 1. The Bertz CT molecular complexity index is 706. The van der Waals surface area contributed by atoms with Crippen LogP contribution < -0.4 is 14.2 Å². The van der Waals surface area contributed by atoms with Gasteiger partial charge in [0.2, 0.25) is 5.75 Å². The van der Waals surface area contributed by atoms with Crippen LogP contribution in [0.3, 0.4) is 0 Å². The molecule has 0 unspecified atom stereocenters. The molecule has 0 saturated heterocycles. The normalized spacial score (nSPS) is 10.2. The predicted molar refractivity (Wildman–Crippen MR) is 83.2 cm³/mol. The fraction of sp³-hybridized carbons (Fsp3) is 0.235. The molecular formula is C17H18O5. The van der Waals surface area contributed by atoms with Gasteiger partial charge in [-0.1, -0.05) is 6.07 Å². The van der Waals surface area contributed by atoms with Crippen LogP contribution in [0.5, 0.6) is 17.2 Å². The minimum Gasteiger partial charge on any atom is -0.493 e. The van der Waals surface area contributed by atoms with E-state index in [1.807, 2.05) is 13.0 Å². The molecule has 2 aromatic carbocycles. The summed E-state index contributed by atoms with van der Waals surface area (Å²) in [5, 5.41) is 9.18. The molecule has 22 heavy (non-hydrogen) atoms. The van der Waals surface area contributed by atoms with E-state index in [-0.39, 0.29) is 5.56 Å². The molecular weight excluding hydrogens is 284 g/mol. The molecule has 116 valence electrons. The van der Waals surface area contributed by atoms with Gasteiger partial charge in [0.05, 0.1) is 26.9 Å². The first-order valence-electron chi connectivity index (χ1n) is 6.66. The van der Waals surface area contributed by atoms with Crippen LogP contribution in [0.25, 0.3) is 11.1 Å². The highest BCUT2D eigenvalue weighted by molar-refractivity contribution is 5.91. The zero-order valence-corrected chi connectivity index (χ0v) is 13.0. The van der Waals surface area contributed by atoms with Crippen LogP contribution in [-0.2, 0) is 0 Å². The third kappa shape index (κ3) is 2.70. The molecule has 0 aliphatic rings. The standard InChI is InChI=1S/C17H18O5/c1-10-5-6-11(17(18)19)9-13(10)12-7-8-14(20-2)16(22-4)15(12)21-3/h5-9H,1-4H3,(H,18,19). The van der Waals surface area contributed by atoms with Gasteiger partial charge in [-0.25, -0.2) is 4.79 Å². The monoisotopic (exact) mass is 302 g/mol.